The van der Waals surface area contributed by atoms with Crippen LogP contribution in [-0.4, -0.2) is 0 Å². The molecule has 0 aliphatic carbocycles. The van der Waals surface area contributed by atoms with E-state index in [1.54, 1.807) is 0 Å². The molecule has 2 aromatic carbocycles. The van der Waals surface area contributed by atoms with E-state index in [1.807, 2.05) is 24.3 Å². The lowest BCUT2D eigenvalue weighted by Crippen LogP contribution is -2.01. The second-order valence-electron chi connectivity index (χ2n) is 3.49. The van der Waals surface area contributed by atoms with Gasteiger partial charge in [-0.1, -0.05) is 36.4 Å². The summed E-state index contributed by atoms with van der Waals surface area (Å²) in [5, 5.41) is 0. The summed E-state index contributed by atoms with van der Waals surface area (Å²) < 4.78 is 5.78. The van der Waals surface area contributed by atoms with Crippen molar-refractivity contribution in [3.8, 4) is 11.5 Å². The number of fused-ring (bicyclic) bond motifs is 2. The summed E-state index contributed by atoms with van der Waals surface area (Å²) in [6.07, 6.45) is 0.979. The van der Waals surface area contributed by atoms with Gasteiger partial charge in [0.1, 0.15) is 11.5 Å². The number of halogens is 1. The zero-order chi connectivity index (χ0) is 9.38. The third-order valence-electron chi connectivity index (χ3n) is 2.55. The monoisotopic (exact) mass is 310 g/mol. The average molecular weight is 310 g/mol. The van der Waals surface area contributed by atoms with Crippen molar-refractivity contribution in [2.75, 3.05) is 0 Å². The van der Waals surface area contributed by atoms with Crippen molar-refractivity contribution in [3.63, 3.8) is 0 Å². The molecule has 2 heteroatoms. The zero-order valence-corrected chi connectivity index (χ0v) is 10.5. The van der Waals surface area contributed by atoms with Crippen molar-refractivity contribution >= 4 is 24.0 Å². The summed E-state index contributed by atoms with van der Waals surface area (Å²) in [7, 11) is 0. The van der Waals surface area contributed by atoms with Crippen LogP contribution in [0, 0.1) is 0 Å². The highest BCUT2D eigenvalue weighted by molar-refractivity contribution is 14.0. The van der Waals surface area contributed by atoms with E-state index in [1.165, 1.54) is 11.1 Å². The molecule has 0 saturated carbocycles. The van der Waals surface area contributed by atoms with Crippen LogP contribution in [0.4, 0.5) is 0 Å². The first-order valence-electron chi connectivity index (χ1n) is 4.77. The van der Waals surface area contributed by atoms with Gasteiger partial charge in [0.05, 0.1) is 0 Å². The molecule has 0 fully saturated rings. The Morgan fingerprint density at radius 3 is 1.73 bits per heavy atom. The van der Waals surface area contributed by atoms with Crippen LogP contribution in [0.1, 0.15) is 11.1 Å². The fourth-order valence-corrected chi connectivity index (χ4v) is 1.82. The minimum Gasteiger partial charge on any atom is -0.457 e. The summed E-state index contributed by atoms with van der Waals surface area (Å²) in [5.74, 6) is 1.98. The van der Waals surface area contributed by atoms with Crippen molar-refractivity contribution < 1.29 is 4.74 Å². The molecule has 0 bridgehead atoms. The van der Waals surface area contributed by atoms with Crippen LogP contribution in [0.15, 0.2) is 48.5 Å². The highest BCUT2D eigenvalue weighted by Crippen LogP contribution is 2.35. The molecule has 0 saturated heterocycles. The largest absolute Gasteiger partial charge is 0.457 e. The smallest absolute Gasteiger partial charge is 0.130 e. The van der Waals surface area contributed by atoms with Gasteiger partial charge < -0.3 is 4.74 Å². The molecule has 2 aromatic rings. The fourth-order valence-electron chi connectivity index (χ4n) is 1.82. The van der Waals surface area contributed by atoms with Crippen LogP contribution in [0.3, 0.4) is 0 Å². The molecule has 1 heterocycles. The number of hydrogen-bond donors (Lipinski definition) is 0. The Labute approximate surface area is 106 Å². The topological polar surface area (TPSA) is 9.23 Å². The van der Waals surface area contributed by atoms with Gasteiger partial charge in [0.2, 0.25) is 0 Å². The van der Waals surface area contributed by atoms with Crippen LogP contribution >= 0.6 is 24.0 Å². The van der Waals surface area contributed by atoms with E-state index >= 15 is 0 Å². The minimum absolute atomic E-state index is 0. The van der Waals surface area contributed by atoms with Crippen molar-refractivity contribution in [2.45, 2.75) is 6.42 Å². The minimum atomic E-state index is 0. The maximum absolute atomic E-state index is 5.78. The molecular formula is C13H11IO. The molecule has 1 aliphatic rings. The van der Waals surface area contributed by atoms with E-state index in [0.29, 0.717) is 0 Å². The molecule has 0 radical (unpaired) electrons. The molecule has 1 aliphatic heterocycles. The van der Waals surface area contributed by atoms with Crippen LogP contribution in [0.5, 0.6) is 11.5 Å². The maximum atomic E-state index is 5.78. The molecule has 0 spiro atoms. The van der Waals surface area contributed by atoms with Gasteiger partial charge in [-0.3, -0.25) is 0 Å². The number of ether oxygens (including phenoxy) is 1. The molecular weight excluding hydrogens is 299 g/mol. The second-order valence-corrected chi connectivity index (χ2v) is 3.49. The van der Waals surface area contributed by atoms with Gasteiger partial charge >= 0.3 is 0 Å². The Bertz CT molecular complexity index is 392. The summed E-state index contributed by atoms with van der Waals surface area (Å²) >= 11 is 0. The lowest BCUT2D eigenvalue weighted by atomic mass is 10.0. The Kier molecular flexibility index (Phi) is 2.95. The van der Waals surface area contributed by atoms with Crippen LogP contribution in [0.25, 0.3) is 0 Å². The summed E-state index contributed by atoms with van der Waals surface area (Å²) in [6.45, 7) is 0. The SMILES string of the molecule is I.c1ccc2c(c1)Cc1ccccc1O2. The molecule has 15 heavy (non-hydrogen) atoms. The van der Waals surface area contributed by atoms with Crippen molar-refractivity contribution in [3.05, 3.63) is 59.7 Å². The molecule has 76 valence electrons. The van der Waals surface area contributed by atoms with Crippen molar-refractivity contribution in [1.82, 2.24) is 0 Å². The maximum Gasteiger partial charge on any atom is 0.130 e. The summed E-state index contributed by atoms with van der Waals surface area (Å²) in [4.78, 5) is 0. The lowest BCUT2D eigenvalue weighted by Gasteiger charge is -2.19. The van der Waals surface area contributed by atoms with E-state index in [0.717, 1.165) is 17.9 Å². The van der Waals surface area contributed by atoms with Gasteiger partial charge in [0.15, 0.2) is 0 Å². The normalized spacial score (nSPS) is 11.7. The van der Waals surface area contributed by atoms with Crippen LogP contribution in [-0.2, 0) is 6.42 Å². The number of hydrogen-bond acceptors (Lipinski definition) is 1. The second kappa shape index (κ2) is 4.23. The summed E-state index contributed by atoms with van der Waals surface area (Å²) in [5.41, 5.74) is 2.54. The van der Waals surface area contributed by atoms with Gasteiger partial charge in [-0.05, 0) is 23.3 Å². The Morgan fingerprint density at radius 2 is 1.20 bits per heavy atom. The molecule has 0 amide bonds. The van der Waals surface area contributed by atoms with Crippen LogP contribution in [0.2, 0.25) is 0 Å². The molecule has 0 atom stereocenters. The van der Waals surface area contributed by atoms with E-state index in [9.17, 15) is 0 Å². The molecule has 0 unspecified atom stereocenters. The van der Waals surface area contributed by atoms with Crippen LogP contribution < -0.4 is 4.74 Å². The molecule has 1 nitrogen and oxygen atoms in total. The average Bonchev–Trinajstić information content (AvgIpc) is 2.26. The van der Waals surface area contributed by atoms with E-state index in [4.69, 9.17) is 4.74 Å². The first-order valence-corrected chi connectivity index (χ1v) is 4.77. The van der Waals surface area contributed by atoms with E-state index < -0.39 is 0 Å². The first kappa shape index (κ1) is 10.5. The highest BCUT2D eigenvalue weighted by atomic mass is 127. The van der Waals surface area contributed by atoms with E-state index in [-0.39, 0.29) is 24.0 Å². The summed E-state index contributed by atoms with van der Waals surface area (Å²) in [6, 6.07) is 16.4. The van der Waals surface area contributed by atoms with Gasteiger partial charge in [0.25, 0.3) is 0 Å². The van der Waals surface area contributed by atoms with Crippen molar-refractivity contribution in [1.29, 1.82) is 0 Å². The van der Waals surface area contributed by atoms with Gasteiger partial charge in [0, 0.05) is 6.42 Å². The van der Waals surface area contributed by atoms with Crippen molar-refractivity contribution in [2.24, 2.45) is 0 Å². The van der Waals surface area contributed by atoms with Gasteiger partial charge in [-0.15, -0.1) is 24.0 Å². The predicted molar refractivity (Wildman–Crippen MR) is 71.2 cm³/mol. The quantitative estimate of drug-likeness (QED) is 0.570. The molecule has 0 aromatic heterocycles. The Hall–Kier alpha value is -1.03. The number of benzene rings is 2. The van der Waals surface area contributed by atoms with Gasteiger partial charge in [-0.2, -0.15) is 0 Å². The predicted octanol–water partition coefficient (Wildman–Crippen LogP) is 4.00. The third-order valence-corrected chi connectivity index (χ3v) is 2.55. The first-order chi connectivity index (χ1) is 6.93. The molecule has 3 rings (SSSR count). The third kappa shape index (κ3) is 1.86. The Balaban J connectivity index is 0.000000853. The van der Waals surface area contributed by atoms with E-state index in [2.05, 4.69) is 24.3 Å². The molecule has 0 N–H and O–H groups in total. The zero-order valence-electron chi connectivity index (χ0n) is 8.14. The lowest BCUT2D eigenvalue weighted by molar-refractivity contribution is 0.460. The highest BCUT2D eigenvalue weighted by Gasteiger charge is 2.14. The number of rotatable bonds is 0. The van der Waals surface area contributed by atoms with Gasteiger partial charge in [-0.25, -0.2) is 0 Å². The fraction of sp³-hybridized carbons (Fsp3) is 0.0769. The number of para-hydroxylation sites is 2. The Morgan fingerprint density at radius 1 is 0.733 bits per heavy atom. The standard InChI is InChI=1S/C13H10O.HI/c1-3-7-12-10(5-1)9-11-6-2-4-8-13(11)14-12;/h1-8H,9H2;1H.